The van der Waals surface area contributed by atoms with Crippen LogP contribution in [-0.4, -0.2) is 28.8 Å². The highest BCUT2D eigenvalue weighted by molar-refractivity contribution is 5.38. The van der Waals surface area contributed by atoms with Gasteiger partial charge >= 0.3 is 0 Å². The zero-order chi connectivity index (χ0) is 11.7. The van der Waals surface area contributed by atoms with Gasteiger partial charge < -0.3 is 10.0 Å². The molecule has 0 radical (unpaired) electrons. The van der Waals surface area contributed by atoms with Crippen molar-refractivity contribution >= 4 is 5.82 Å². The summed E-state index contributed by atoms with van der Waals surface area (Å²) in [5, 5.41) is 10.6. The van der Waals surface area contributed by atoms with E-state index in [1.54, 1.807) is 0 Å². The van der Waals surface area contributed by atoms with Crippen LogP contribution >= 0.6 is 0 Å². The molecule has 1 saturated carbocycles. The summed E-state index contributed by atoms with van der Waals surface area (Å²) in [5.74, 6) is 1.49. The molecule has 2 atom stereocenters. The average Bonchev–Trinajstić information content (AvgIpc) is 2.39. The molecule has 2 heterocycles. The highest BCUT2D eigenvalue weighted by Crippen LogP contribution is 2.40. The number of piperidine rings is 1. The van der Waals surface area contributed by atoms with Crippen molar-refractivity contribution in [2.75, 3.05) is 18.0 Å². The van der Waals surface area contributed by atoms with E-state index in [1.807, 2.05) is 18.3 Å². The monoisotopic (exact) mass is 232 g/mol. The summed E-state index contributed by atoms with van der Waals surface area (Å²) in [6.45, 7) is 1.90. The van der Waals surface area contributed by atoms with Gasteiger partial charge in [-0.3, -0.25) is 0 Å². The maximum Gasteiger partial charge on any atom is 0.128 e. The highest BCUT2D eigenvalue weighted by atomic mass is 16.3. The molecule has 0 amide bonds. The van der Waals surface area contributed by atoms with E-state index >= 15 is 0 Å². The SMILES string of the molecule is OC12CCCCC1CN(c1ccccn1)CC2. The van der Waals surface area contributed by atoms with Crippen molar-refractivity contribution in [3.05, 3.63) is 24.4 Å². The first-order valence-corrected chi connectivity index (χ1v) is 6.66. The quantitative estimate of drug-likeness (QED) is 0.806. The Balaban J connectivity index is 1.76. The Morgan fingerprint density at radius 3 is 3.06 bits per heavy atom. The molecule has 1 N–H and O–H groups in total. The van der Waals surface area contributed by atoms with Gasteiger partial charge in [0, 0.05) is 25.2 Å². The van der Waals surface area contributed by atoms with Crippen LogP contribution in [0.3, 0.4) is 0 Å². The lowest BCUT2D eigenvalue weighted by Crippen LogP contribution is -2.53. The first kappa shape index (κ1) is 11.0. The van der Waals surface area contributed by atoms with Gasteiger partial charge in [-0.2, -0.15) is 0 Å². The number of fused-ring (bicyclic) bond motifs is 1. The Morgan fingerprint density at radius 1 is 1.29 bits per heavy atom. The summed E-state index contributed by atoms with van der Waals surface area (Å²) < 4.78 is 0. The Hall–Kier alpha value is -1.09. The summed E-state index contributed by atoms with van der Waals surface area (Å²) in [6.07, 6.45) is 7.36. The van der Waals surface area contributed by atoms with Gasteiger partial charge in [0.05, 0.1) is 5.60 Å². The van der Waals surface area contributed by atoms with Crippen LogP contribution in [0, 0.1) is 5.92 Å². The second kappa shape index (κ2) is 4.30. The lowest BCUT2D eigenvalue weighted by molar-refractivity contribution is -0.0613. The van der Waals surface area contributed by atoms with Gasteiger partial charge in [-0.1, -0.05) is 18.9 Å². The Kier molecular flexibility index (Phi) is 2.79. The minimum Gasteiger partial charge on any atom is -0.389 e. The molecule has 17 heavy (non-hydrogen) atoms. The molecular formula is C14H20N2O. The van der Waals surface area contributed by atoms with Crippen molar-refractivity contribution in [1.29, 1.82) is 0 Å². The van der Waals surface area contributed by atoms with Crippen LogP contribution in [0.25, 0.3) is 0 Å². The topological polar surface area (TPSA) is 36.4 Å². The third-order valence-electron chi connectivity index (χ3n) is 4.40. The molecule has 0 bridgehead atoms. The summed E-state index contributed by atoms with van der Waals surface area (Å²) in [7, 11) is 0. The molecule has 1 saturated heterocycles. The fraction of sp³-hybridized carbons (Fsp3) is 0.643. The number of aliphatic hydroxyl groups is 1. The largest absolute Gasteiger partial charge is 0.389 e. The molecule has 0 aromatic carbocycles. The van der Waals surface area contributed by atoms with Crippen LogP contribution in [0.4, 0.5) is 5.82 Å². The smallest absolute Gasteiger partial charge is 0.128 e. The average molecular weight is 232 g/mol. The van der Waals surface area contributed by atoms with Crippen molar-refractivity contribution in [1.82, 2.24) is 4.98 Å². The third kappa shape index (κ3) is 2.04. The second-order valence-electron chi connectivity index (χ2n) is 5.43. The lowest BCUT2D eigenvalue weighted by Gasteiger charge is -2.47. The van der Waals surface area contributed by atoms with Crippen LogP contribution in [0.1, 0.15) is 32.1 Å². The zero-order valence-electron chi connectivity index (χ0n) is 10.2. The van der Waals surface area contributed by atoms with Gasteiger partial charge in [-0.15, -0.1) is 0 Å². The fourth-order valence-electron chi connectivity index (χ4n) is 3.32. The van der Waals surface area contributed by atoms with E-state index in [2.05, 4.69) is 16.0 Å². The third-order valence-corrected chi connectivity index (χ3v) is 4.40. The van der Waals surface area contributed by atoms with E-state index in [0.717, 1.165) is 31.7 Å². The molecule has 3 nitrogen and oxygen atoms in total. The molecule has 1 aromatic rings. The molecule has 1 aliphatic heterocycles. The van der Waals surface area contributed by atoms with Crippen molar-refractivity contribution in [2.24, 2.45) is 5.92 Å². The molecular weight excluding hydrogens is 212 g/mol. The second-order valence-corrected chi connectivity index (χ2v) is 5.43. The van der Waals surface area contributed by atoms with Crippen LogP contribution in [0.2, 0.25) is 0 Å². The molecule has 92 valence electrons. The minimum atomic E-state index is -0.385. The Morgan fingerprint density at radius 2 is 2.24 bits per heavy atom. The summed E-state index contributed by atoms with van der Waals surface area (Å²) in [4.78, 5) is 6.73. The molecule has 2 unspecified atom stereocenters. The number of nitrogens with zero attached hydrogens (tertiary/aromatic N) is 2. The molecule has 1 aromatic heterocycles. The lowest BCUT2D eigenvalue weighted by atomic mass is 9.71. The minimum absolute atomic E-state index is 0.385. The number of hydrogen-bond donors (Lipinski definition) is 1. The van der Waals surface area contributed by atoms with Crippen LogP contribution in [-0.2, 0) is 0 Å². The van der Waals surface area contributed by atoms with Crippen molar-refractivity contribution < 1.29 is 5.11 Å². The standard InChI is InChI=1S/C14H20N2O/c17-14-7-3-1-5-12(14)11-16(10-8-14)13-6-2-4-9-15-13/h2,4,6,9,12,17H,1,3,5,7-8,10-11H2. The predicted octanol–water partition coefficient (Wildman–Crippen LogP) is 2.21. The maximum atomic E-state index is 10.6. The van der Waals surface area contributed by atoms with Crippen LogP contribution in [0.15, 0.2) is 24.4 Å². The van der Waals surface area contributed by atoms with E-state index in [9.17, 15) is 5.11 Å². The number of anilines is 1. The molecule has 3 rings (SSSR count). The van der Waals surface area contributed by atoms with Gasteiger partial charge in [-0.05, 0) is 31.4 Å². The van der Waals surface area contributed by atoms with Gasteiger partial charge in [0.2, 0.25) is 0 Å². The maximum absolute atomic E-state index is 10.6. The molecule has 2 fully saturated rings. The first-order valence-electron chi connectivity index (χ1n) is 6.66. The number of aromatic nitrogens is 1. The van der Waals surface area contributed by atoms with E-state index in [4.69, 9.17) is 0 Å². The van der Waals surface area contributed by atoms with E-state index in [0.29, 0.717) is 5.92 Å². The van der Waals surface area contributed by atoms with Gasteiger partial charge in [0.15, 0.2) is 0 Å². The summed E-state index contributed by atoms with van der Waals surface area (Å²) >= 11 is 0. The zero-order valence-corrected chi connectivity index (χ0v) is 10.2. The Labute approximate surface area is 102 Å². The van der Waals surface area contributed by atoms with Crippen LogP contribution in [0.5, 0.6) is 0 Å². The number of rotatable bonds is 1. The van der Waals surface area contributed by atoms with Crippen molar-refractivity contribution in [3.8, 4) is 0 Å². The first-order chi connectivity index (χ1) is 8.28. The fourth-order valence-corrected chi connectivity index (χ4v) is 3.32. The van der Waals surface area contributed by atoms with Gasteiger partial charge in [-0.25, -0.2) is 4.98 Å². The van der Waals surface area contributed by atoms with Crippen LogP contribution < -0.4 is 4.90 Å². The molecule has 3 heteroatoms. The molecule has 1 aliphatic carbocycles. The van der Waals surface area contributed by atoms with Crippen molar-refractivity contribution in [2.45, 2.75) is 37.7 Å². The predicted molar refractivity (Wildman–Crippen MR) is 68.0 cm³/mol. The van der Waals surface area contributed by atoms with E-state index in [-0.39, 0.29) is 5.60 Å². The molecule has 2 aliphatic rings. The summed E-state index contributed by atoms with van der Waals surface area (Å²) in [6, 6.07) is 6.04. The number of hydrogen-bond acceptors (Lipinski definition) is 3. The van der Waals surface area contributed by atoms with Gasteiger partial charge in [0.25, 0.3) is 0 Å². The van der Waals surface area contributed by atoms with Crippen molar-refractivity contribution in [3.63, 3.8) is 0 Å². The summed E-state index contributed by atoms with van der Waals surface area (Å²) in [5.41, 5.74) is -0.385. The van der Waals surface area contributed by atoms with E-state index < -0.39 is 0 Å². The van der Waals surface area contributed by atoms with E-state index in [1.165, 1.54) is 19.3 Å². The molecule has 0 spiro atoms. The van der Waals surface area contributed by atoms with Gasteiger partial charge in [0.1, 0.15) is 5.82 Å². The number of pyridine rings is 1. The normalized spacial score (nSPS) is 33.2. The Bertz CT molecular complexity index is 381. The highest BCUT2D eigenvalue weighted by Gasteiger charge is 2.42.